The fraction of sp³-hybridized carbons (Fsp3) is 0.579. The van der Waals surface area contributed by atoms with Crippen molar-refractivity contribution in [1.82, 2.24) is 5.32 Å². The molecular formula is C19H30N2O4. The van der Waals surface area contributed by atoms with Gasteiger partial charge in [0, 0.05) is 18.8 Å². The van der Waals surface area contributed by atoms with Crippen molar-refractivity contribution < 1.29 is 19.1 Å². The van der Waals surface area contributed by atoms with Gasteiger partial charge in [-0.3, -0.25) is 5.32 Å². The molecule has 1 aromatic rings. The third-order valence-corrected chi connectivity index (χ3v) is 3.73. The zero-order valence-electron chi connectivity index (χ0n) is 15.3. The molecule has 0 aliphatic carbocycles. The van der Waals surface area contributed by atoms with Crippen LogP contribution in [0.4, 0.5) is 15.3 Å². The van der Waals surface area contributed by atoms with Gasteiger partial charge in [-0.05, 0) is 18.6 Å². The molecule has 0 aliphatic rings. The molecule has 2 N–H and O–H groups in total. The Labute approximate surface area is 150 Å². The first-order chi connectivity index (χ1) is 12.2. The summed E-state index contributed by atoms with van der Waals surface area (Å²) >= 11 is 0. The van der Waals surface area contributed by atoms with Crippen molar-refractivity contribution in [3.05, 3.63) is 24.3 Å². The van der Waals surface area contributed by atoms with E-state index in [0.29, 0.717) is 18.0 Å². The summed E-state index contributed by atoms with van der Waals surface area (Å²) in [6.07, 6.45) is 8.53. The predicted octanol–water partition coefficient (Wildman–Crippen LogP) is 5.09. The number of hydrogen-bond donors (Lipinski definition) is 2. The number of anilines is 1. The first-order valence-corrected chi connectivity index (χ1v) is 9.09. The van der Waals surface area contributed by atoms with Crippen LogP contribution in [0, 0.1) is 0 Å². The topological polar surface area (TPSA) is 76.7 Å². The summed E-state index contributed by atoms with van der Waals surface area (Å²) in [6.45, 7) is 2.63. The largest absolute Gasteiger partial charge is 0.449 e. The number of benzene rings is 1. The standard InChI is InChI=1S/C19H30N2O4/c1-3-4-5-6-7-8-9-10-14-24-19(23)21-16-12-11-13-17(15-16)25-18(22)20-2/h11-13,15H,3-10,14H2,1-2H3,(H,20,22)(H,21,23). The Morgan fingerprint density at radius 2 is 1.64 bits per heavy atom. The Kier molecular flexibility index (Phi) is 10.9. The molecule has 1 rings (SSSR count). The molecule has 140 valence electrons. The average molecular weight is 350 g/mol. The quantitative estimate of drug-likeness (QED) is 0.545. The molecule has 0 radical (unpaired) electrons. The molecule has 0 aliphatic heterocycles. The van der Waals surface area contributed by atoms with E-state index in [0.717, 1.165) is 12.8 Å². The van der Waals surface area contributed by atoms with Gasteiger partial charge in [0.1, 0.15) is 5.75 Å². The highest BCUT2D eigenvalue weighted by Crippen LogP contribution is 2.17. The van der Waals surface area contributed by atoms with Crippen LogP contribution < -0.4 is 15.4 Å². The smallest absolute Gasteiger partial charge is 0.412 e. The van der Waals surface area contributed by atoms with Crippen molar-refractivity contribution in [3.63, 3.8) is 0 Å². The molecule has 2 amide bonds. The van der Waals surface area contributed by atoms with Crippen molar-refractivity contribution in [3.8, 4) is 5.75 Å². The van der Waals surface area contributed by atoms with Gasteiger partial charge in [-0.25, -0.2) is 9.59 Å². The van der Waals surface area contributed by atoms with Gasteiger partial charge in [0.25, 0.3) is 0 Å². The van der Waals surface area contributed by atoms with Crippen LogP contribution in [0.2, 0.25) is 0 Å². The molecule has 0 bridgehead atoms. The molecule has 0 unspecified atom stereocenters. The van der Waals surface area contributed by atoms with E-state index in [1.807, 2.05) is 0 Å². The van der Waals surface area contributed by atoms with Gasteiger partial charge in [0.2, 0.25) is 0 Å². The number of rotatable bonds is 11. The summed E-state index contributed by atoms with van der Waals surface area (Å²) in [7, 11) is 1.48. The van der Waals surface area contributed by atoms with Crippen LogP contribution in [-0.2, 0) is 4.74 Å². The summed E-state index contributed by atoms with van der Waals surface area (Å²) in [5.74, 6) is 0.347. The van der Waals surface area contributed by atoms with Gasteiger partial charge in [-0.2, -0.15) is 0 Å². The van der Waals surface area contributed by atoms with Gasteiger partial charge in [-0.1, -0.05) is 57.9 Å². The fourth-order valence-electron chi connectivity index (χ4n) is 2.35. The van der Waals surface area contributed by atoms with Gasteiger partial charge in [-0.15, -0.1) is 0 Å². The Morgan fingerprint density at radius 1 is 0.960 bits per heavy atom. The van der Waals surface area contributed by atoms with Crippen LogP contribution in [0.15, 0.2) is 24.3 Å². The van der Waals surface area contributed by atoms with Crippen LogP contribution in [0.5, 0.6) is 5.75 Å². The maximum Gasteiger partial charge on any atom is 0.412 e. The third-order valence-electron chi connectivity index (χ3n) is 3.73. The van der Waals surface area contributed by atoms with Crippen molar-refractivity contribution in [2.24, 2.45) is 0 Å². The monoisotopic (exact) mass is 350 g/mol. The van der Waals surface area contributed by atoms with E-state index >= 15 is 0 Å². The molecule has 0 atom stereocenters. The minimum Gasteiger partial charge on any atom is -0.449 e. The summed E-state index contributed by atoms with van der Waals surface area (Å²) in [5, 5.41) is 4.99. The zero-order valence-corrected chi connectivity index (χ0v) is 15.3. The van der Waals surface area contributed by atoms with Crippen LogP contribution in [0.1, 0.15) is 58.3 Å². The second-order valence-electron chi connectivity index (χ2n) is 5.90. The van der Waals surface area contributed by atoms with Crippen molar-refractivity contribution in [2.75, 3.05) is 19.0 Å². The second-order valence-corrected chi connectivity index (χ2v) is 5.90. The maximum absolute atomic E-state index is 11.8. The molecular weight excluding hydrogens is 320 g/mol. The van der Waals surface area contributed by atoms with E-state index in [9.17, 15) is 9.59 Å². The second kappa shape index (κ2) is 13.1. The van der Waals surface area contributed by atoms with E-state index in [1.165, 1.54) is 45.6 Å². The first-order valence-electron chi connectivity index (χ1n) is 9.09. The molecule has 0 spiro atoms. The van der Waals surface area contributed by atoms with E-state index in [1.54, 1.807) is 24.3 Å². The number of carbonyl (C=O) groups is 2. The molecule has 6 nitrogen and oxygen atoms in total. The van der Waals surface area contributed by atoms with Gasteiger partial charge in [0.15, 0.2) is 0 Å². The van der Waals surface area contributed by atoms with E-state index in [-0.39, 0.29) is 0 Å². The van der Waals surface area contributed by atoms with Crippen molar-refractivity contribution in [2.45, 2.75) is 58.3 Å². The molecule has 0 saturated carbocycles. The maximum atomic E-state index is 11.8. The van der Waals surface area contributed by atoms with Crippen molar-refractivity contribution >= 4 is 17.9 Å². The normalized spacial score (nSPS) is 10.2. The minimum absolute atomic E-state index is 0.347. The van der Waals surface area contributed by atoms with Crippen molar-refractivity contribution in [1.29, 1.82) is 0 Å². The summed E-state index contributed by atoms with van der Waals surface area (Å²) in [6, 6.07) is 6.58. The SMILES string of the molecule is CCCCCCCCCCOC(=O)Nc1cccc(OC(=O)NC)c1. The summed E-state index contributed by atoms with van der Waals surface area (Å²) < 4.78 is 10.2. The Morgan fingerprint density at radius 3 is 2.32 bits per heavy atom. The van der Waals surface area contributed by atoms with E-state index in [2.05, 4.69) is 17.6 Å². The van der Waals surface area contributed by atoms with Gasteiger partial charge < -0.3 is 14.8 Å². The molecule has 0 heterocycles. The zero-order chi connectivity index (χ0) is 18.3. The third kappa shape index (κ3) is 10.3. The Hall–Kier alpha value is -2.24. The highest BCUT2D eigenvalue weighted by atomic mass is 16.6. The number of nitrogens with one attached hydrogen (secondary N) is 2. The fourth-order valence-corrected chi connectivity index (χ4v) is 2.35. The number of hydrogen-bond acceptors (Lipinski definition) is 4. The molecule has 6 heteroatoms. The lowest BCUT2D eigenvalue weighted by atomic mass is 10.1. The van der Waals surface area contributed by atoms with E-state index in [4.69, 9.17) is 9.47 Å². The molecule has 0 saturated heterocycles. The van der Waals surface area contributed by atoms with Gasteiger partial charge in [0.05, 0.1) is 6.61 Å². The Bertz CT molecular complexity index is 520. The lowest BCUT2D eigenvalue weighted by Crippen LogP contribution is -2.22. The molecule has 25 heavy (non-hydrogen) atoms. The number of amides is 2. The van der Waals surface area contributed by atoms with E-state index < -0.39 is 12.2 Å². The van der Waals surface area contributed by atoms with Crippen LogP contribution in [-0.4, -0.2) is 25.8 Å². The Balaban J connectivity index is 2.16. The van der Waals surface area contributed by atoms with Gasteiger partial charge >= 0.3 is 12.2 Å². The van der Waals surface area contributed by atoms with Crippen LogP contribution >= 0.6 is 0 Å². The lowest BCUT2D eigenvalue weighted by Gasteiger charge is -2.09. The highest BCUT2D eigenvalue weighted by Gasteiger charge is 2.06. The minimum atomic E-state index is -0.561. The first kappa shape index (κ1) is 20.8. The molecule has 0 fully saturated rings. The lowest BCUT2D eigenvalue weighted by molar-refractivity contribution is 0.159. The van der Waals surface area contributed by atoms with Crippen LogP contribution in [0.25, 0.3) is 0 Å². The molecule has 1 aromatic carbocycles. The summed E-state index contributed by atoms with van der Waals surface area (Å²) in [5.41, 5.74) is 0.516. The number of carbonyl (C=O) groups excluding carboxylic acids is 2. The average Bonchev–Trinajstić information content (AvgIpc) is 2.60. The summed E-state index contributed by atoms with van der Waals surface area (Å²) in [4.78, 5) is 22.9. The number of unbranched alkanes of at least 4 members (excludes halogenated alkanes) is 7. The molecule has 0 aromatic heterocycles. The predicted molar refractivity (Wildman–Crippen MR) is 99.1 cm³/mol. The highest BCUT2D eigenvalue weighted by molar-refractivity contribution is 5.85. The number of ether oxygens (including phenoxy) is 2. The van der Waals surface area contributed by atoms with Crippen LogP contribution in [0.3, 0.4) is 0 Å².